The summed E-state index contributed by atoms with van der Waals surface area (Å²) >= 11 is 0. The number of nitriles is 1. The number of rotatable bonds is 4. The Balaban J connectivity index is 1.88. The van der Waals surface area contributed by atoms with Gasteiger partial charge in [-0.2, -0.15) is 10.4 Å². The molecule has 120 valence electrons. The summed E-state index contributed by atoms with van der Waals surface area (Å²) in [5, 5.41) is 13.2. The first-order chi connectivity index (χ1) is 11.0. The summed E-state index contributed by atoms with van der Waals surface area (Å²) in [6.07, 6.45) is 1.81. The first-order valence-corrected chi connectivity index (χ1v) is 8.62. The van der Waals surface area contributed by atoms with Gasteiger partial charge in [0.1, 0.15) is 12.2 Å². The molecule has 0 unspecified atom stereocenters. The lowest BCUT2D eigenvalue weighted by molar-refractivity contribution is 0.0959. The van der Waals surface area contributed by atoms with Gasteiger partial charge in [0.05, 0.1) is 22.2 Å². The number of aromatic nitrogens is 2. The van der Waals surface area contributed by atoms with Gasteiger partial charge in [-0.25, -0.2) is 13.1 Å². The van der Waals surface area contributed by atoms with E-state index in [9.17, 15) is 8.42 Å². The van der Waals surface area contributed by atoms with Crippen LogP contribution in [0.15, 0.2) is 41.4 Å². The number of hydrogen-bond acceptors (Lipinski definition) is 5. The van der Waals surface area contributed by atoms with Crippen LogP contribution in [-0.2, 0) is 21.8 Å². The Morgan fingerprint density at radius 2 is 2.17 bits per heavy atom. The molecule has 1 aliphatic rings. The van der Waals surface area contributed by atoms with Crippen LogP contribution in [0, 0.1) is 11.3 Å². The monoisotopic (exact) mass is 332 g/mol. The van der Waals surface area contributed by atoms with Gasteiger partial charge in [-0.05, 0) is 24.6 Å². The van der Waals surface area contributed by atoms with E-state index < -0.39 is 22.2 Å². The van der Waals surface area contributed by atoms with Gasteiger partial charge < -0.3 is 4.74 Å². The summed E-state index contributed by atoms with van der Waals surface area (Å²) in [5.74, 6) is 0. The Morgan fingerprint density at radius 3 is 2.87 bits per heavy atom. The Hall–Kier alpha value is -2.21. The van der Waals surface area contributed by atoms with Crippen LogP contribution in [0.5, 0.6) is 0 Å². The van der Waals surface area contributed by atoms with Crippen LogP contribution in [0.4, 0.5) is 0 Å². The van der Waals surface area contributed by atoms with E-state index in [1.54, 1.807) is 36.1 Å². The fourth-order valence-electron chi connectivity index (χ4n) is 2.72. The molecule has 0 saturated carbocycles. The Labute approximate surface area is 134 Å². The van der Waals surface area contributed by atoms with Gasteiger partial charge in [0, 0.05) is 19.9 Å². The Kier molecular flexibility index (Phi) is 4.17. The predicted molar refractivity (Wildman–Crippen MR) is 81.8 cm³/mol. The van der Waals surface area contributed by atoms with Gasteiger partial charge in [-0.15, -0.1) is 0 Å². The van der Waals surface area contributed by atoms with E-state index in [1.807, 2.05) is 6.07 Å². The second-order valence-corrected chi connectivity index (χ2v) is 6.98. The molecule has 3 rings (SSSR count). The molecule has 2 aromatic rings. The molecule has 23 heavy (non-hydrogen) atoms. The summed E-state index contributed by atoms with van der Waals surface area (Å²) in [5.41, 5.74) is 0.930. The van der Waals surface area contributed by atoms with Gasteiger partial charge in [-0.3, -0.25) is 4.68 Å². The van der Waals surface area contributed by atoms with Gasteiger partial charge in [0.25, 0.3) is 0 Å². The maximum absolute atomic E-state index is 12.6. The highest BCUT2D eigenvalue weighted by Gasteiger charge is 2.35. The summed E-state index contributed by atoms with van der Waals surface area (Å²) in [6, 6.07) is 9.46. The first kappa shape index (κ1) is 15.7. The quantitative estimate of drug-likeness (QED) is 0.904. The lowest BCUT2D eigenvalue weighted by atomic mass is 10.1. The topological polar surface area (TPSA) is 97.0 Å². The summed E-state index contributed by atoms with van der Waals surface area (Å²) in [6.45, 7) is 0.461. The molecule has 1 aromatic carbocycles. The lowest BCUT2D eigenvalue weighted by Crippen LogP contribution is -2.37. The Morgan fingerprint density at radius 1 is 1.39 bits per heavy atom. The minimum atomic E-state index is -3.81. The maximum Gasteiger partial charge on any atom is 0.242 e. The number of benzene rings is 1. The third-order valence-corrected chi connectivity index (χ3v) is 5.39. The van der Waals surface area contributed by atoms with Crippen molar-refractivity contribution in [1.82, 2.24) is 14.5 Å². The average molecular weight is 332 g/mol. The molecule has 8 heteroatoms. The summed E-state index contributed by atoms with van der Waals surface area (Å²) < 4.78 is 35.3. The van der Waals surface area contributed by atoms with E-state index in [0.717, 1.165) is 5.69 Å². The normalized spacial score (nSPS) is 21.2. The molecule has 0 spiro atoms. The van der Waals surface area contributed by atoms with Crippen molar-refractivity contribution in [2.75, 3.05) is 6.61 Å². The second-order valence-electron chi connectivity index (χ2n) is 5.30. The molecule has 1 aromatic heterocycles. The molecule has 1 saturated heterocycles. The van der Waals surface area contributed by atoms with Crippen LogP contribution in [-0.4, -0.2) is 30.8 Å². The van der Waals surface area contributed by atoms with Crippen molar-refractivity contribution in [2.45, 2.75) is 23.5 Å². The number of aryl methyl sites for hydroxylation is 1. The van der Waals surface area contributed by atoms with Crippen molar-refractivity contribution in [3.8, 4) is 6.07 Å². The van der Waals surface area contributed by atoms with E-state index in [4.69, 9.17) is 10.00 Å². The van der Waals surface area contributed by atoms with Gasteiger partial charge >= 0.3 is 0 Å². The van der Waals surface area contributed by atoms with Crippen LogP contribution in [0.1, 0.15) is 23.8 Å². The van der Waals surface area contributed by atoms with Crippen LogP contribution < -0.4 is 4.72 Å². The van der Waals surface area contributed by atoms with Gasteiger partial charge in [0.2, 0.25) is 10.0 Å². The third kappa shape index (κ3) is 2.99. The third-order valence-electron chi connectivity index (χ3n) is 3.85. The highest BCUT2D eigenvalue weighted by Crippen LogP contribution is 2.30. The fourth-order valence-corrected chi connectivity index (χ4v) is 4.15. The maximum atomic E-state index is 12.6. The summed E-state index contributed by atoms with van der Waals surface area (Å²) in [7, 11) is -2.02. The zero-order valence-corrected chi connectivity index (χ0v) is 13.3. The largest absolute Gasteiger partial charge is 0.370 e. The average Bonchev–Trinajstić information content (AvgIpc) is 3.15. The molecule has 0 amide bonds. The highest BCUT2D eigenvalue weighted by molar-refractivity contribution is 7.89. The molecule has 2 heterocycles. The van der Waals surface area contributed by atoms with Gasteiger partial charge in [-0.1, -0.05) is 12.1 Å². The van der Waals surface area contributed by atoms with Crippen molar-refractivity contribution in [1.29, 1.82) is 5.26 Å². The van der Waals surface area contributed by atoms with E-state index in [0.29, 0.717) is 13.0 Å². The van der Waals surface area contributed by atoms with Crippen molar-refractivity contribution >= 4 is 10.0 Å². The van der Waals surface area contributed by atoms with Crippen molar-refractivity contribution in [3.05, 3.63) is 47.8 Å². The molecule has 1 aliphatic heterocycles. The standard InChI is InChI=1S/C15H16N4O3S/c1-19-13(6-8-17-19)15-12(7-9-22-15)18-23(20,21)14-5-3-2-4-11(14)10-16/h2-6,8,12,15,18H,7,9H2,1H3/t12-,15-/m0/s1. The van der Waals surface area contributed by atoms with E-state index in [2.05, 4.69) is 9.82 Å². The van der Waals surface area contributed by atoms with Crippen LogP contribution in [0.3, 0.4) is 0 Å². The molecule has 0 aliphatic carbocycles. The number of nitrogens with one attached hydrogen (secondary N) is 1. The van der Waals surface area contributed by atoms with E-state index >= 15 is 0 Å². The summed E-state index contributed by atoms with van der Waals surface area (Å²) in [4.78, 5) is -0.0156. The first-order valence-electron chi connectivity index (χ1n) is 7.14. The minimum Gasteiger partial charge on any atom is -0.370 e. The molecular weight excluding hydrogens is 316 g/mol. The van der Waals surface area contributed by atoms with E-state index in [-0.39, 0.29) is 10.5 Å². The van der Waals surface area contributed by atoms with E-state index in [1.165, 1.54) is 12.1 Å². The number of hydrogen-bond donors (Lipinski definition) is 1. The van der Waals surface area contributed by atoms with Crippen molar-refractivity contribution in [3.63, 3.8) is 0 Å². The zero-order valence-electron chi connectivity index (χ0n) is 12.5. The molecule has 1 N–H and O–H groups in total. The fraction of sp³-hybridized carbons (Fsp3) is 0.333. The van der Waals surface area contributed by atoms with Crippen molar-refractivity contribution in [2.24, 2.45) is 7.05 Å². The van der Waals surface area contributed by atoms with Crippen LogP contribution >= 0.6 is 0 Å². The van der Waals surface area contributed by atoms with Crippen molar-refractivity contribution < 1.29 is 13.2 Å². The molecule has 0 radical (unpaired) electrons. The molecular formula is C15H16N4O3S. The molecule has 7 nitrogen and oxygen atoms in total. The van der Waals surface area contributed by atoms with Crippen LogP contribution in [0.2, 0.25) is 0 Å². The number of sulfonamides is 1. The smallest absolute Gasteiger partial charge is 0.242 e. The number of nitrogens with zero attached hydrogens (tertiary/aromatic N) is 3. The minimum absolute atomic E-state index is 0.0156. The van der Waals surface area contributed by atoms with Gasteiger partial charge in [0.15, 0.2) is 0 Å². The highest BCUT2D eigenvalue weighted by atomic mass is 32.2. The second kappa shape index (κ2) is 6.12. The lowest BCUT2D eigenvalue weighted by Gasteiger charge is -2.20. The molecule has 1 fully saturated rings. The predicted octanol–water partition coefficient (Wildman–Crippen LogP) is 1.10. The zero-order chi connectivity index (χ0) is 16.4. The number of ether oxygens (including phenoxy) is 1. The SMILES string of the molecule is Cn1nccc1[C@H]1OCC[C@@H]1NS(=O)(=O)c1ccccc1C#N. The molecule has 0 bridgehead atoms. The Bertz CT molecular complexity index is 854. The molecule has 2 atom stereocenters. The van der Waals surface area contributed by atoms with Crippen LogP contribution in [0.25, 0.3) is 0 Å².